The van der Waals surface area contributed by atoms with Crippen LogP contribution in [0, 0.1) is 12.7 Å². The van der Waals surface area contributed by atoms with Crippen molar-refractivity contribution in [1.82, 2.24) is 0 Å². The third-order valence-electron chi connectivity index (χ3n) is 3.43. The van der Waals surface area contributed by atoms with E-state index in [2.05, 4.69) is 0 Å². The van der Waals surface area contributed by atoms with Crippen molar-refractivity contribution < 1.29 is 4.39 Å². The van der Waals surface area contributed by atoms with Crippen molar-refractivity contribution in [2.75, 3.05) is 5.73 Å². The van der Waals surface area contributed by atoms with E-state index in [-0.39, 0.29) is 11.5 Å². The van der Waals surface area contributed by atoms with Crippen LogP contribution in [0.5, 0.6) is 0 Å². The van der Waals surface area contributed by atoms with Gasteiger partial charge in [-0.3, -0.25) is 0 Å². The van der Waals surface area contributed by atoms with Crippen LogP contribution in [0.2, 0.25) is 0 Å². The molecule has 2 heteroatoms. The highest BCUT2D eigenvalue weighted by molar-refractivity contribution is 5.46. The van der Waals surface area contributed by atoms with Crippen LogP contribution in [0.4, 0.5) is 10.1 Å². The van der Waals surface area contributed by atoms with Crippen LogP contribution in [-0.2, 0) is 0 Å². The summed E-state index contributed by atoms with van der Waals surface area (Å²) in [7, 11) is 0. The van der Waals surface area contributed by atoms with Gasteiger partial charge < -0.3 is 5.73 Å². The minimum Gasteiger partial charge on any atom is -0.396 e. The topological polar surface area (TPSA) is 26.0 Å². The molecule has 1 aliphatic carbocycles. The van der Waals surface area contributed by atoms with Crippen molar-refractivity contribution in [3.8, 4) is 0 Å². The Morgan fingerprint density at radius 1 is 1.20 bits per heavy atom. The summed E-state index contributed by atoms with van der Waals surface area (Å²) in [5.74, 6) is 0.287. The summed E-state index contributed by atoms with van der Waals surface area (Å²) in [5, 5.41) is 0. The quantitative estimate of drug-likeness (QED) is 0.697. The first-order valence-corrected chi connectivity index (χ1v) is 5.74. The fourth-order valence-corrected chi connectivity index (χ4v) is 2.57. The molecule has 0 spiro atoms. The van der Waals surface area contributed by atoms with Gasteiger partial charge in [-0.2, -0.15) is 0 Å². The number of halogens is 1. The first-order chi connectivity index (χ1) is 7.18. The molecule has 0 unspecified atom stereocenters. The molecule has 1 fully saturated rings. The van der Waals surface area contributed by atoms with Gasteiger partial charge >= 0.3 is 0 Å². The van der Waals surface area contributed by atoms with Gasteiger partial charge in [0.1, 0.15) is 5.82 Å². The maximum absolute atomic E-state index is 13.4. The van der Waals surface area contributed by atoms with Crippen molar-refractivity contribution in [2.45, 2.75) is 44.9 Å². The number of hydrogen-bond acceptors (Lipinski definition) is 1. The van der Waals surface area contributed by atoms with E-state index in [0.717, 1.165) is 5.56 Å². The number of nitrogens with two attached hydrogens (primary N) is 1. The van der Waals surface area contributed by atoms with Crippen LogP contribution in [-0.4, -0.2) is 0 Å². The lowest BCUT2D eigenvalue weighted by molar-refractivity contribution is 0.441. The molecule has 2 N–H and O–H groups in total. The molecule has 1 aromatic carbocycles. The summed E-state index contributed by atoms with van der Waals surface area (Å²) in [4.78, 5) is 0. The molecule has 0 saturated heterocycles. The third-order valence-corrected chi connectivity index (χ3v) is 3.43. The number of anilines is 1. The second-order valence-electron chi connectivity index (χ2n) is 4.57. The van der Waals surface area contributed by atoms with Gasteiger partial charge in [0.25, 0.3) is 0 Å². The fourth-order valence-electron chi connectivity index (χ4n) is 2.57. The zero-order valence-electron chi connectivity index (χ0n) is 9.22. The van der Waals surface area contributed by atoms with E-state index in [4.69, 9.17) is 5.73 Å². The lowest BCUT2D eigenvalue weighted by atomic mass is 9.82. The van der Waals surface area contributed by atoms with Gasteiger partial charge in [-0.15, -0.1) is 0 Å². The van der Waals surface area contributed by atoms with Gasteiger partial charge in [0, 0.05) is 0 Å². The number of nitrogen functional groups attached to an aromatic ring is 1. The summed E-state index contributed by atoms with van der Waals surface area (Å²) in [6.45, 7) is 2.03. The molecule has 15 heavy (non-hydrogen) atoms. The van der Waals surface area contributed by atoms with E-state index in [0.29, 0.717) is 5.92 Å². The molecule has 0 bridgehead atoms. The van der Waals surface area contributed by atoms with Crippen LogP contribution >= 0.6 is 0 Å². The number of rotatable bonds is 1. The minimum atomic E-state index is -0.263. The summed E-state index contributed by atoms with van der Waals surface area (Å²) < 4.78 is 13.4. The Morgan fingerprint density at radius 2 is 1.87 bits per heavy atom. The molecule has 1 aliphatic rings. The molecule has 0 amide bonds. The molecule has 82 valence electrons. The van der Waals surface area contributed by atoms with Crippen molar-refractivity contribution in [3.05, 3.63) is 29.1 Å². The van der Waals surface area contributed by atoms with E-state index in [1.807, 2.05) is 6.92 Å². The molecule has 2 rings (SSSR count). The Bertz CT molecular complexity index is 354. The van der Waals surface area contributed by atoms with E-state index >= 15 is 0 Å². The predicted molar refractivity (Wildman–Crippen MR) is 61.4 cm³/mol. The molecule has 0 aromatic heterocycles. The number of benzene rings is 1. The largest absolute Gasteiger partial charge is 0.396 e. The number of aryl methyl sites for hydroxylation is 1. The SMILES string of the molecule is Cc1cc(N)c(F)cc1C1CCCCC1. The van der Waals surface area contributed by atoms with Crippen molar-refractivity contribution >= 4 is 5.69 Å². The molecule has 1 aromatic rings. The molecule has 0 radical (unpaired) electrons. The van der Waals surface area contributed by atoms with Gasteiger partial charge in [-0.1, -0.05) is 19.3 Å². The van der Waals surface area contributed by atoms with Crippen LogP contribution in [0.25, 0.3) is 0 Å². The Labute approximate surface area is 90.5 Å². The lowest BCUT2D eigenvalue weighted by Crippen LogP contribution is -2.07. The van der Waals surface area contributed by atoms with E-state index in [9.17, 15) is 4.39 Å². The van der Waals surface area contributed by atoms with Gasteiger partial charge in [0.05, 0.1) is 5.69 Å². The standard InChI is InChI=1S/C13H18FN/c1-9-7-13(15)12(14)8-11(9)10-5-3-2-4-6-10/h7-8,10H,2-6,15H2,1H3. The van der Waals surface area contributed by atoms with Gasteiger partial charge in [0.15, 0.2) is 0 Å². The highest BCUT2D eigenvalue weighted by Crippen LogP contribution is 2.35. The van der Waals surface area contributed by atoms with E-state index < -0.39 is 0 Å². The Hall–Kier alpha value is -1.05. The fraction of sp³-hybridized carbons (Fsp3) is 0.538. The molecule has 0 heterocycles. The first kappa shape index (κ1) is 10.5. The summed E-state index contributed by atoms with van der Waals surface area (Å²) in [5.41, 5.74) is 8.12. The summed E-state index contributed by atoms with van der Waals surface area (Å²) in [6, 6.07) is 3.40. The van der Waals surface area contributed by atoms with Gasteiger partial charge in [-0.25, -0.2) is 4.39 Å². The van der Waals surface area contributed by atoms with E-state index in [1.54, 1.807) is 12.1 Å². The second-order valence-corrected chi connectivity index (χ2v) is 4.57. The molecule has 1 nitrogen and oxygen atoms in total. The monoisotopic (exact) mass is 207 g/mol. The molecule has 0 aliphatic heterocycles. The predicted octanol–water partition coefficient (Wildman–Crippen LogP) is 3.76. The van der Waals surface area contributed by atoms with Crippen LogP contribution in [0.3, 0.4) is 0 Å². The van der Waals surface area contributed by atoms with E-state index in [1.165, 1.54) is 37.7 Å². The van der Waals surface area contributed by atoms with Crippen LogP contribution < -0.4 is 5.73 Å². The second kappa shape index (κ2) is 4.21. The summed E-state index contributed by atoms with van der Waals surface area (Å²) in [6.07, 6.45) is 6.27. The van der Waals surface area contributed by atoms with Crippen molar-refractivity contribution in [2.24, 2.45) is 0 Å². The normalized spacial score (nSPS) is 18.0. The molecular weight excluding hydrogens is 189 g/mol. The molecule has 1 saturated carbocycles. The molecule has 0 atom stereocenters. The number of hydrogen-bond donors (Lipinski definition) is 1. The van der Waals surface area contributed by atoms with Gasteiger partial charge in [-0.05, 0) is 48.9 Å². The highest BCUT2D eigenvalue weighted by Gasteiger charge is 2.18. The summed E-state index contributed by atoms with van der Waals surface area (Å²) >= 11 is 0. The Balaban J connectivity index is 2.30. The third kappa shape index (κ3) is 2.14. The highest BCUT2D eigenvalue weighted by atomic mass is 19.1. The minimum absolute atomic E-state index is 0.263. The van der Waals surface area contributed by atoms with Gasteiger partial charge in [0.2, 0.25) is 0 Å². The van der Waals surface area contributed by atoms with Crippen LogP contribution in [0.15, 0.2) is 12.1 Å². The van der Waals surface area contributed by atoms with Crippen LogP contribution in [0.1, 0.15) is 49.1 Å². The van der Waals surface area contributed by atoms with Crippen molar-refractivity contribution in [1.29, 1.82) is 0 Å². The van der Waals surface area contributed by atoms with Crippen molar-refractivity contribution in [3.63, 3.8) is 0 Å². The Kier molecular flexibility index (Phi) is 2.94. The zero-order valence-corrected chi connectivity index (χ0v) is 9.22. The Morgan fingerprint density at radius 3 is 2.53 bits per heavy atom. The maximum Gasteiger partial charge on any atom is 0.146 e. The average molecular weight is 207 g/mol. The maximum atomic E-state index is 13.4. The average Bonchev–Trinajstić information content (AvgIpc) is 2.25. The smallest absolute Gasteiger partial charge is 0.146 e. The first-order valence-electron chi connectivity index (χ1n) is 5.74. The molecular formula is C13H18FN. The lowest BCUT2D eigenvalue weighted by Gasteiger charge is -2.23. The zero-order chi connectivity index (χ0) is 10.8.